The minimum absolute atomic E-state index is 0.0108. The van der Waals surface area contributed by atoms with Crippen LogP contribution in [0.1, 0.15) is 11.1 Å². The Hall–Kier alpha value is -2.60. The fourth-order valence-corrected chi connectivity index (χ4v) is 3.04. The topological polar surface area (TPSA) is 57.7 Å². The van der Waals surface area contributed by atoms with E-state index < -0.39 is 0 Å². The number of methoxy groups -OCH3 is 1. The number of nitrogens with one attached hydrogen (secondary N) is 1. The van der Waals surface area contributed by atoms with Gasteiger partial charge in [0.1, 0.15) is 5.75 Å². The first-order chi connectivity index (χ1) is 12.7. The van der Waals surface area contributed by atoms with E-state index in [-0.39, 0.29) is 6.03 Å². The van der Waals surface area contributed by atoms with Crippen molar-refractivity contribution in [2.45, 2.75) is 13.0 Å². The Balaban J connectivity index is 1.37. The Morgan fingerprint density at radius 1 is 1.04 bits per heavy atom. The summed E-state index contributed by atoms with van der Waals surface area (Å²) in [7, 11) is 1.68. The summed E-state index contributed by atoms with van der Waals surface area (Å²) in [6.07, 6.45) is 4.49. The van der Waals surface area contributed by atoms with Crippen LogP contribution in [-0.2, 0) is 13.0 Å². The summed E-state index contributed by atoms with van der Waals surface area (Å²) in [5, 5.41) is 2.98. The molecule has 0 aliphatic carbocycles. The molecule has 0 saturated carbocycles. The molecule has 3 rings (SSSR count). The zero-order valence-corrected chi connectivity index (χ0v) is 15.2. The van der Waals surface area contributed by atoms with Crippen LogP contribution >= 0.6 is 0 Å². The minimum Gasteiger partial charge on any atom is -0.497 e. The van der Waals surface area contributed by atoms with Crippen molar-refractivity contribution in [1.29, 1.82) is 0 Å². The van der Waals surface area contributed by atoms with Crippen LogP contribution in [-0.4, -0.2) is 60.6 Å². The lowest BCUT2D eigenvalue weighted by molar-refractivity contribution is 0.140. The van der Waals surface area contributed by atoms with E-state index in [9.17, 15) is 4.79 Å². The van der Waals surface area contributed by atoms with Crippen molar-refractivity contribution in [3.63, 3.8) is 0 Å². The van der Waals surface area contributed by atoms with Crippen molar-refractivity contribution in [3.8, 4) is 5.75 Å². The van der Waals surface area contributed by atoms with Gasteiger partial charge in [-0.1, -0.05) is 12.1 Å². The lowest BCUT2D eigenvalue weighted by Crippen LogP contribution is -2.51. The van der Waals surface area contributed by atoms with Gasteiger partial charge < -0.3 is 15.0 Å². The molecule has 6 heteroatoms. The number of nitrogens with zero attached hydrogens (tertiary/aromatic N) is 3. The molecule has 0 bridgehead atoms. The number of aromatic nitrogens is 1. The van der Waals surface area contributed by atoms with Crippen LogP contribution in [0.5, 0.6) is 5.75 Å². The Morgan fingerprint density at radius 2 is 1.73 bits per heavy atom. The van der Waals surface area contributed by atoms with Crippen molar-refractivity contribution in [1.82, 2.24) is 20.1 Å². The van der Waals surface area contributed by atoms with Gasteiger partial charge in [-0.05, 0) is 41.8 Å². The Morgan fingerprint density at radius 3 is 2.38 bits per heavy atom. The SMILES string of the molecule is COc1ccc(CCN2CCN(C(=O)NCc3ccncc3)CC2)cc1. The van der Waals surface area contributed by atoms with Crippen LogP contribution in [0.4, 0.5) is 4.79 Å². The number of amides is 2. The molecule has 0 radical (unpaired) electrons. The smallest absolute Gasteiger partial charge is 0.317 e. The molecule has 6 nitrogen and oxygen atoms in total. The van der Waals surface area contributed by atoms with Crippen molar-refractivity contribution in [3.05, 3.63) is 59.9 Å². The molecule has 2 aromatic rings. The number of hydrogen-bond donors (Lipinski definition) is 1. The number of urea groups is 1. The van der Waals surface area contributed by atoms with E-state index in [0.29, 0.717) is 6.54 Å². The highest BCUT2D eigenvalue weighted by Gasteiger charge is 2.20. The van der Waals surface area contributed by atoms with Gasteiger partial charge in [0.05, 0.1) is 7.11 Å². The van der Waals surface area contributed by atoms with Gasteiger partial charge in [-0.25, -0.2) is 4.79 Å². The molecule has 1 saturated heterocycles. The van der Waals surface area contributed by atoms with Gasteiger partial charge in [-0.2, -0.15) is 0 Å². The highest BCUT2D eigenvalue weighted by atomic mass is 16.5. The second-order valence-corrected chi connectivity index (χ2v) is 6.44. The maximum Gasteiger partial charge on any atom is 0.317 e. The average Bonchev–Trinajstić information content (AvgIpc) is 2.72. The summed E-state index contributed by atoms with van der Waals surface area (Å²) in [5.74, 6) is 0.889. The molecule has 2 heterocycles. The molecule has 2 amide bonds. The predicted octanol–water partition coefficient (Wildman–Crippen LogP) is 2.16. The van der Waals surface area contributed by atoms with Gasteiger partial charge in [0.25, 0.3) is 0 Å². The van der Waals surface area contributed by atoms with E-state index in [1.807, 2.05) is 29.2 Å². The van der Waals surface area contributed by atoms with E-state index in [1.54, 1.807) is 19.5 Å². The number of ether oxygens (including phenoxy) is 1. The summed E-state index contributed by atoms with van der Waals surface area (Å²) >= 11 is 0. The van der Waals surface area contributed by atoms with E-state index in [0.717, 1.165) is 50.5 Å². The van der Waals surface area contributed by atoms with Crippen molar-refractivity contribution < 1.29 is 9.53 Å². The number of benzene rings is 1. The van der Waals surface area contributed by atoms with Gasteiger partial charge in [-0.3, -0.25) is 9.88 Å². The summed E-state index contributed by atoms with van der Waals surface area (Å²) in [4.78, 5) is 20.6. The van der Waals surface area contributed by atoms with E-state index in [4.69, 9.17) is 4.74 Å². The van der Waals surface area contributed by atoms with E-state index >= 15 is 0 Å². The molecular formula is C20H26N4O2. The maximum absolute atomic E-state index is 12.3. The summed E-state index contributed by atoms with van der Waals surface area (Å²) < 4.78 is 5.19. The highest BCUT2D eigenvalue weighted by molar-refractivity contribution is 5.74. The van der Waals surface area contributed by atoms with Crippen molar-refractivity contribution in [2.75, 3.05) is 39.8 Å². The third kappa shape index (κ3) is 5.20. The monoisotopic (exact) mass is 354 g/mol. The number of carbonyl (C=O) groups is 1. The molecule has 1 N–H and O–H groups in total. The van der Waals surface area contributed by atoms with Crippen LogP contribution in [0.15, 0.2) is 48.8 Å². The van der Waals surface area contributed by atoms with Gasteiger partial charge in [0.15, 0.2) is 0 Å². The molecule has 1 aliphatic heterocycles. The van der Waals surface area contributed by atoms with Gasteiger partial charge in [-0.15, -0.1) is 0 Å². The molecule has 1 aromatic heterocycles. The molecule has 1 aliphatic rings. The van der Waals surface area contributed by atoms with E-state index in [2.05, 4.69) is 27.3 Å². The number of hydrogen-bond acceptors (Lipinski definition) is 4. The van der Waals surface area contributed by atoms with Crippen LogP contribution in [0.2, 0.25) is 0 Å². The van der Waals surface area contributed by atoms with Crippen LogP contribution in [0, 0.1) is 0 Å². The third-order valence-electron chi connectivity index (χ3n) is 4.73. The average molecular weight is 354 g/mol. The molecule has 26 heavy (non-hydrogen) atoms. The Labute approximate surface area is 154 Å². The summed E-state index contributed by atoms with van der Waals surface area (Å²) in [6, 6.07) is 12.1. The van der Waals surface area contributed by atoms with Gasteiger partial charge >= 0.3 is 6.03 Å². The lowest BCUT2D eigenvalue weighted by Gasteiger charge is -2.34. The second kappa shape index (κ2) is 9.20. The molecular weight excluding hydrogens is 328 g/mol. The molecule has 138 valence electrons. The summed E-state index contributed by atoms with van der Waals surface area (Å²) in [5.41, 5.74) is 2.37. The van der Waals surface area contributed by atoms with Crippen molar-refractivity contribution >= 4 is 6.03 Å². The molecule has 0 unspecified atom stereocenters. The predicted molar refractivity (Wildman–Crippen MR) is 101 cm³/mol. The Kier molecular flexibility index (Phi) is 6.44. The number of carbonyl (C=O) groups excluding carboxylic acids is 1. The largest absolute Gasteiger partial charge is 0.497 e. The summed E-state index contributed by atoms with van der Waals surface area (Å²) in [6.45, 7) is 4.92. The standard InChI is InChI=1S/C20H26N4O2/c1-26-19-4-2-17(3-5-19)8-11-23-12-14-24(15-13-23)20(25)22-16-18-6-9-21-10-7-18/h2-7,9-10H,8,11-16H2,1H3,(H,22,25). The maximum atomic E-state index is 12.3. The molecule has 0 atom stereocenters. The zero-order valence-electron chi connectivity index (χ0n) is 15.2. The fourth-order valence-electron chi connectivity index (χ4n) is 3.04. The number of rotatable bonds is 6. The first kappa shape index (κ1) is 18.2. The molecule has 1 aromatic carbocycles. The van der Waals surface area contributed by atoms with Crippen LogP contribution in [0.3, 0.4) is 0 Å². The Bertz CT molecular complexity index is 683. The quantitative estimate of drug-likeness (QED) is 0.864. The highest BCUT2D eigenvalue weighted by Crippen LogP contribution is 2.12. The first-order valence-electron chi connectivity index (χ1n) is 9.01. The third-order valence-corrected chi connectivity index (χ3v) is 4.73. The van der Waals surface area contributed by atoms with Crippen molar-refractivity contribution in [2.24, 2.45) is 0 Å². The fraction of sp³-hybridized carbons (Fsp3) is 0.400. The van der Waals surface area contributed by atoms with Crippen LogP contribution in [0.25, 0.3) is 0 Å². The normalized spacial score (nSPS) is 14.9. The second-order valence-electron chi connectivity index (χ2n) is 6.44. The first-order valence-corrected chi connectivity index (χ1v) is 9.01. The zero-order chi connectivity index (χ0) is 18.2. The van der Waals surface area contributed by atoms with Crippen LogP contribution < -0.4 is 10.1 Å². The lowest BCUT2D eigenvalue weighted by atomic mass is 10.1. The molecule has 1 fully saturated rings. The van der Waals surface area contributed by atoms with E-state index in [1.165, 1.54) is 5.56 Å². The minimum atomic E-state index is 0.0108. The molecule has 0 spiro atoms. The van der Waals surface area contributed by atoms with Gasteiger partial charge in [0.2, 0.25) is 0 Å². The number of piperazine rings is 1. The van der Waals surface area contributed by atoms with Gasteiger partial charge in [0, 0.05) is 51.7 Å². The number of pyridine rings is 1.